The molecule has 0 N–H and O–H groups in total. The smallest absolute Gasteiger partial charge is 0.305 e. The standard InChI is InChI=1S/C14H20O3/c1-17-14(16)11-5-3-2-4-8-12-9-6-7-10-13(12)15/h12H,3,5-11H2,1H3. The predicted octanol–water partition coefficient (Wildman–Crippen LogP) is 2.48. The molecule has 0 bridgehead atoms. The van der Waals surface area contributed by atoms with Crippen molar-refractivity contribution < 1.29 is 14.3 Å². The zero-order valence-electron chi connectivity index (χ0n) is 10.5. The molecule has 1 aliphatic carbocycles. The molecule has 1 rings (SSSR count). The lowest BCUT2D eigenvalue weighted by molar-refractivity contribution is -0.140. The van der Waals surface area contributed by atoms with E-state index in [1.807, 2.05) is 0 Å². The van der Waals surface area contributed by atoms with Crippen LogP contribution in [0.4, 0.5) is 0 Å². The van der Waals surface area contributed by atoms with Crippen LogP contribution >= 0.6 is 0 Å². The van der Waals surface area contributed by atoms with Crippen LogP contribution in [-0.2, 0) is 14.3 Å². The Kier molecular flexibility index (Phi) is 6.39. The van der Waals surface area contributed by atoms with Gasteiger partial charge in [-0.3, -0.25) is 9.59 Å². The second-order valence-electron chi connectivity index (χ2n) is 4.40. The number of unbranched alkanes of at least 4 members (excludes halogenated alkanes) is 1. The normalized spacial score (nSPS) is 19.4. The molecule has 0 aromatic heterocycles. The van der Waals surface area contributed by atoms with E-state index >= 15 is 0 Å². The van der Waals surface area contributed by atoms with Gasteiger partial charge in [0.05, 0.1) is 7.11 Å². The second kappa shape index (κ2) is 7.89. The van der Waals surface area contributed by atoms with Crippen molar-refractivity contribution in [3.63, 3.8) is 0 Å². The van der Waals surface area contributed by atoms with Crippen LogP contribution in [-0.4, -0.2) is 18.9 Å². The minimum atomic E-state index is -0.186. The van der Waals surface area contributed by atoms with Crippen molar-refractivity contribution in [2.75, 3.05) is 7.11 Å². The Morgan fingerprint density at radius 3 is 2.94 bits per heavy atom. The van der Waals surface area contributed by atoms with Crippen molar-refractivity contribution in [2.45, 2.75) is 51.4 Å². The Labute approximate surface area is 103 Å². The van der Waals surface area contributed by atoms with Gasteiger partial charge in [-0.05, 0) is 19.3 Å². The summed E-state index contributed by atoms with van der Waals surface area (Å²) in [6.07, 6.45) is 6.48. The van der Waals surface area contributed by atoms with E-state index in [1.54, 1.807) is 0 Å². The number of hydrogen-bond donors (Lipinski definition) is 0. The number of hydrogen-bond acceptors (Lipinski definition) is 3. The van der Waals surface area contributed by atoms with Crippen LogP contribution in [0.2, 0.25) is 0 Å². The summed E-state index contributed by atoms with van der Waals surface area (Å²) in [7, 11) is 1.39. The molecular weight excluding hydrogens is 216 g/mol. The maximum Gasteiger partial charge on any atom is 0.305 e. The van der Waals surface area contributed by atoms with Crippen LogP contribution in [0.25, 0.3) is 0 Å². The van der Waals surface area contributed by atoms with Crippen LogP contribution in [0, 0.1) is 17.8 Å². The Balaban J connectivity index is 2.13. The number of rotatable bonds is 4. The Hall–Kier alpha value is -1.30. The molecule has 0 aromatic rings. The average Bonchev–Trinajstić information content (AvgIpc) is 2.35. The fourth-order valence-corrected chi connectivity index (χ4v) is 1.98. The minimum Gasteiger partial charge on any atom is -0.469 e. The SMILES string of the molecule is COC(=O)CCCC#CCC1CCCCC1=O. The van der Waals surface area contributed by atoms with Gasteiger partial charge in [0, 0.05) is 31.6 Å². The predicted molar refractivity (Wildman–Crippen MR) is 65.2 cm³/mol. The molecule has 0 aliphatic heterocycles. The number of methoxy groups -OCH3 is 1. The molecule has 0 spiro atoms. The summed E-state index contributed by atoms with van der Waals surface area (Å²) in [6.45, 7) is 0. The quantitative estimate of drug-likeness (QED) is 0.428. The number of ketones is 1. The molecule has 17 heavy (non-hydrogen) atoms. The highest BCUT2D eigenvalue weighted by Gasteiger charge is 2.20. The molecule has 0 saturated heterocycles. The molecule has 3 nitrogen and oxygen atoms in total. The van der Waals surface area contributed by atoms with Gasteiger partial charge < -0.3 is 4.74 Å². The number of Topliss-reactive ketones (excluding diaryl/α,β-unsaturated/α-hetero) is 1. The topological polar surface area (TPSA) is 43.4 Å². The molecule has 1 aliphatic rings. The lowest BCUT2D eigenvalue weighted by Crippen LogP contribution is -2.18. The van der Waals surface area contributed by atoms with Gasteiger partial charge in [-0.25, -0.2) is 0 Å². The second-order valence-corrected chi connectivity index (χ2v) is 4.40. The van der Waals surface area contributed by atoms with E-state index in [9.17, 15) is 9.59 Å². The van der Waals surface area contributed by atoms with E-state index in [2.05, 4.69) is 16.6 Å². The first-order chi connectivity index (χ1) is 8.24. The first-order valence-corrected chi connectivity index (χ1v) is 6.29. The van der Waals surface area contributed by atoms with Crippen molar-refractivity contribution in [3.8, 4) is 11.8 Å². The number of esters is 1. The van der Waals surface area contributed by atoms with Gasteiger partial charge in [0.1, 0.15) is 5.78 Å². The monoisotopic (exact) mass is 236 g/mol. The summed E-state index contributed by atoms with van der Waals surface area (Å²) in [6, 6.07) is 0. The van der Waals surface area contributed by atoms with Gasteiger partial charge in [-0.1, -0.05) is 6.42 Å². The summed E-state index contributed by atoms with van der Waals surface area (Å²) < 4.78 is 4.53. The van der Waals surface area contributed by atoms with Gasteiger partial charge in [0.25, 0.3) is 0 Å². The lowest BCUT2D eigenvalue weighted by atomic mass is 9.86. The molecule has 94 valence electrons. The van der Waals surface area contributed by atoms with Crippen LogP contribution in [0.3, 0.4) is 0 Å². The van der Waals surface area contributed by atoms with Crippen LogP contribution in [0.15, 0.2) is 0 Å². The summed E-state index contributed by atoms with van der Waals surface area (Å²) in [5.74, 6) is 6.43. The van der Waals surface area contributed by atoms with Crippen molar-refractivity contribution in [3.05, 3.63) is 0 Å². The summed E-state index contributed by atoms with van der Waals surface area (Å²) in [5, 5.41) is 0. The molecule has 1 saturated carbocycles. The number of carbonyl (C=O) groups excluding carboxylic acids is 2. The summed E-state index contributed by atoms with van der Waals surface area (Å²) in [4.78, 5) is 22.3. The van der Waals surface area contributed by atoms with E-state index in [0.29, 0.717) is 25.0 Å². The Morgan fingerprint density at radius 1 is 1.41 bits per heavy atom. The molecule has 3 heteroatoms. The molecule has 0 aromatic carbocycles. The van der Waals surface area contributed by atoms with Gasteiger partial charge in [0.15, 0.2) is 0 Å². The minimum absolute atomic E-state index is 0.164. The van der Waals surface area contributed by atoms with Gasteiger partial charge in [-0.2, -0.15) is 0 Å². The zero-order chi connectivity index (χ0) is 12.5. The zero-order valence-corrected chi connectivity index (χ0v) is 10.5. The molecular formula is C14H20O3. The highest BCUT2D eigenvalue weighted by Crippen LogP contribution is 2.22. The van der Waals surface area contributed by atoms with Crippen molar-refractivity contribution in [1.29, 1.82) is 0 Å². The molecule has 0 radical (unpaired) electrons. The highest BCUT2D eigenvalue weighted by atomic mass is 16.5. The van der Waals surface area contributed by atoms with E-state index in [0.717, 1.165) is 32.1 Å². The third-order valence-electron chi connectivity index (χ3n) is 3.06. The van der Waals surface area contributed by atoms with Gasteiger partial charge in [0.2, 0.25) is 0 Å². The third kappa shape index (κ3) is 5.53. The molecule has 1 fully saturated rings. The molecule has 1 unspecified atom stereocenters. The van der Waals surface area contributed by atoms with Crippen molar-refractivity contribution >= 4 is 11.8 Å². The van der Waals surface area contributed by atoms with E-state index in [-0.39, 0.29) is 11.9 Å². The van der Waals surface area contributed by atoms with Crippen LogP contribution in [0.5, 0.6) is 0 Å². The van der Waals surface area contributed by atoms with Gasteiger partial charge >= 0.3 is 5.97 Å². The molecule has 1 atom stereocenters. The lowest BCUT2D eigenvalue weighted by Gasteiger charge is -2.17. The first-order valence-electron chi connectivity index (χ1n) is 6.29. The maximum atomic E-state index is 11.5. The average molecular weight is 236 g/mol. The molecule has 0 amide bonds. The molecule has 0 heterocycles. The third-order valence-corrected chi connectivity index (χ3v) is 3.06. The van der Waals surface area contributed by atoms with E-state index in [4.69, 9.17) is 0 Å². The summed E-state index contributed by atoms with van der Waals surface area (Å²) in [5.41, 5.74) is 0. The Morgan fingerprint density at radius 2 is 2.24 bits per heavy atom. The fraction of sp³-hybridized carbons (Fsp3) is 0.714. The van der Waals surface area contributed by atoms with Crippen LogP contribution < -0.4 is 0 Å². The van der Waals surface area contributed by atoms with E-state index in [1.165, 1.54) is 7.11 Å². The van der Waals surface area contributed by atoms with Gasteiger partial charge in [-0.15, -0.1) is 11.8 Å². The van der Waals surface area contributed by atoms with Crippen LogP contribution in [0.1, 0.15) is 51.4 Å². The van der Waals surface area contributed by atoms with Crippen molar-refractivity contribution in [2.24, 2.45) is 5.92 Å². The van der Waals surface area contributed by atoms with E-state index < -0.39 is 0 Å². The maximum absolute atomic E-state index is 11.5. The summed E-state index contributed by atoms with van der Waals surface area (Å²) >= 11 is 0. The number of carbonyl (C=O) groups is 2. The highest BCUT2D eigenvalue weighted by molar-refractivity contribution is 5.81. The Bertz CT molecular complexity index is 322. The van der Waals surface area contributed by atoms with Crippen molar-refractivity contribution in [1.82, 2.24) is 0 Å². The largest absolute Gasteiger partial charge is 0.469 e. The number of ether oxygens (including phenoxy) is 1. The first kappa shape index (κ1) is 13.8. The fourth-order valence-electron chi connectivity index (χ4n) is 1.98.